The van der Waals surface area contributed by atoms with E-state index in [1.807, 2.05) is 13.0 Å². The van der Waals surface area contributed by atoms with Crippen LogP contribution in [-0.2, 0) is 0 Å². The third-order valence-electron chi connectivity index (χ3n) is 2.34. The minimum Gasteiger partial charge on any atom is -0.339 e. The normalized spacial score (nSPS) is 9.79. The number of hydrogen-bond donors (Lipinski definition) is 3. The Balaban J connectivity index is 2.31. The number of hydrogen-bond acceptors (Lipinski definition) is 6. The number of nitrogens with zero attached hydrogens (tertiary/aromatic N) is 3. The van der Waals surface area contributed by atoms with Gasteiger partial charge in [0.15, 0.2) is 0 Å². The van der Waals surface area contributed by atoms with Crippen molar-refractivity contribution in [2.24, 2.45) is 5.84 Å². The molecule has 0 saturated heterocycles. The Kier molecular flexibility index (Phi) is 3.80. The van der Waals surface area contributed by atoms with Gasteiger partial charge in [-0.05, 0) is 25.1 Å². The maximum absolute atomic E-state index is 8.78. The third kappa shape index (κ3) is 3.10. The van der Waals surface area contributed by atoms with Crippen molar-refractivity contribution < 1.29 is 0 Å². The molecule has 0 saturated carbocycles. The van der Waals surface area contributed by atoms with E-state index in [2.05, 4.69) is 20.7 Å². The first-order valence-electron chi connectivity index (χ1n) is 5.41. The molecule has 0 aliphatic heterocycles. The molecule has 0 fully saturated rings. The van der Waals surface area contributed by atoms with Crippen LogP contribution < -0.4 is 16.6 Å². The van der Waals surface area contributed by atoms with Gasteiger partial charge < -0.3 is 5.32 Å². The summed E-state index contributed by atoms with van der Waals surface area (Å²) in [6.45, 7) is 1.83. The number of nitriles is 1. The molecule has 2 aromatic rings. The molecule has 7 heteroatoms. The Labute approximate surface area is 115 Å². The van der Waals surface area contributed by atoms with Crippen molar-refractivity contribution in [2.45, 2.75) is 6.92 Å². The average molecular weight is 275 g/mol. The average Bonchev–Trinajstić information content (AvgIpc) is 2.40. The molecule has 1 heterocycles. The molecule has 2 rings (SSSR count). The summed E-state index contributed by atoms with van der Waals surface area (Å²) in [4.78, 5) is 8.23. The van der Waals surface area contributed by atoms with E-state index in [-0.39, 0.29) is 0 Å². The number of nitrogens with one attached hydrogen (secondary N) is 2. The Bertz CT molecular complexity index is 649. The summed E-state index contributed by atoms with van der Waals surface area (Å²) in [5, 5.41) is 12.3. The highest BCUT2D eigenvalue weighted by Gasteiger charge is 2.05. The summed E-state index contributed by atoms with van der Waals surface area (Å²) >= 11 is 6.07. The van der Waals surface area contributed by atoms with E-state index in [0.717, 1.165) is 5.69 Å². The lowest BCUT2D eigenvalue weighted by Crippen LogP contribution is -2.11. The number of rotatable bonds is 3. The fourth-order valence-corrected chi connectivity index (χ4v) is 1.75. The van der Waals surface area contributed by atoms with Crippen molar-refractivity contribution in [2.75, 3.05) is 10.7 Å². The van der Waals surface area contributed by atoms with Crippen molar-refractivity contribution in [3.63, 3.8) is 0 Å². The topological polar surface area (TPSA) is 99.7 Å². The largest absolute Gasteiger partial charge is 0.339 e. The van der Waals surface area contributed by atoms with Crippen LogP contribution in [0.3, 0.4) is 0 Å². The second-order valence-corrected chi connectivity index (χ2v) is 4.20. The maximum Gasteiger partial charge on any atom is 0.239 e. The number of halogens is 1. The minimum atomic E-state index is 0.312. The molecular weight excluding hydrogens is 264 g/mol. The Morgan fingerprint density at radius 1 is 1.32 bits per heavy atom. The SMILES string of the molecule is Cc1cc(Nc2ccc(C#N)cc2Cl)nc(NN)n1. The molecular formula is C12H11ClN6. The van der Waals surface area contributed by atoms with E-state index >= 15 is 0 Å². The van der Waals surface area contributed by atoms with Crippen molar-refractivity contribution in [3.8, 4) is 6.07 Å². The molecule has 19 heavy (non-hydrogen) atoms. The lowest BCUT2D eigenvalue weighted by atomic mass is 10.2. The van der Waals surface area contributed by atoms with Crippen LogP contribution >= 0.6 is 11.6 Å². The van der Waals surface area contributed by atoms with Gasteiger partial charge in [-0.25, -0.2) is 10.8 Å². The lowest BCUT2D eigenvalue weighted by Gasteiger charge is -2.09. The van der Waals surface area contributed by atoms with Crippen LogP contribution in [0.4, 0.5) is 17.5 Å². The van der Waals surface area contributed by atoms with Gasteiger partial charge in [0.1, 0.15) is 5.82 Å². The predicted octanol–water partition coefficient (Wildman–Crippen LogP) is 2.34. The number of aromatic nitrogens is 2. The summed E-state index contributed by atoms with van der Waals surface area (Å²) in [6, 6.07) is 8.75. The highest BCUT2D eigenvalue weighted by molar-refractivity contribution is 6.33. The molecule has 4 N–H and O–H groups in total. The highest BCUT2D eigenvalue weighted by atomic mass is 35.5. The first-order chi connectivity index (χ1) is 9.12. The Morgan fingerprint density at radius 2 is 2.11 bits per heavy atom. The van der Waals surface area contributed by atoms with Crippen molar-refractivity contribution in [3.05, 3.63) is 40.5 Å². The maximum atomic E-state index is 8.78. The molecule has 0 bridgehead atoms. The van der Waals surface area contributed by atoms with Crippen LogP contribution in [-0.4, -0.2) is 9.97 Å². The summed E-state index contributed by atoms with van der Waals surface area (Å²) in [5.74, 6) is 6.16. The molecule has 0 aliphatic rings. The van der Waals surface area contributed by atoms with Crippen molar-refractivity contribution in [1.29, 1.82) is 5.26 Å². The van der Waals surface area contributed by atoms with E-state index in [1.54, 1.807) is 24.3 Å². The zero-order valence-electron chi connectivity index (χ0n) is 10.1. The molecule has 6 nitrogen and oxygen atoms in total. The Morgan fingerprint density at radius 3 is 2.74 bits per heavy atom. The number of nitrogen functional groups attached to an aromatic ring is 1. The van der Waals surface area contributed by atoms with Gasteiger partial charge >= 0.3 is 0 Å². The second kappa shape index (κ2) is 5.52. The van der Waals surface area contributed by atoms with Gasteiger partial charge in [-0.2, -0.15) is 10.2 Å². The minimum absolute atomic E-state index is 0.312. The number of hydrazine groups is 1. The smallest absolute Gasteiger partial charge is 0.239 e. The monoisotopic (exact) mass is 274 g/mol. The lowest BCUT2D eigenvalue weighted by molar-refractivity contribution is 1.07. The molecule has 0 amide bonds. The number of aryl methyl sites for hydroxylation is 1. The quantitative estimate of drug-likeness (QED) is 0.587. The van der Waals surface area contributed by atoms with Gasteiger partial charge in [0, 0.05) is 11.8 Å². The zero-order valence-corrected chi connectivity index (χ0v) is 10.9. The van der Waals surface area contributed by atoms with E-state index in [4.69, 9.17) is 22.7 Å². The number of nitrogens with two attached hydrogens (primary N) is 1. The number of anilines is 3. The first-order valence-corrected chi connectivity index (χ1v) is 5.79. The Hall–Kier alpha value is -2.36. The first kappa shape index (κ1) is 13.1. The summed E-state index contributed by atoms with van der Waals surface area (Å²) in [7, 11) is 0. The second-order valence-electron chi connectivity index (χ2n) is 3.79. The standard InChI is InChI=1S/C12H11ClN6/c1-7-4-11(18-12(16-7)19-15)17-10-3-2-8(6-14)5-9(10)13/h2-5H,15H2,1H3,(H2,16,17,18,19). The van der Waals surface area contributed by atoms with Crippen LogP contribution in [0.5, 0.6) is 0 Å². The molecule has 0 radical (unpaired) electrons. The van der Waals surface area contributed by atoms with Crippen LogP contribution in [0.1, 0.15) is 11.3 Å². The zero-order chi connectivity index (χ0) is 13.8. The fourth-order valence-electron chi connectivity index (χ4n) is 1.52. The van der Waals surface area contributed by atoms with E-state index < -0.39 is 0 Å². The van der Waals surface area contributed by atoms with Gasteiger partial charge in [0.05, 0.1) is 22.3 Å². The van der Waals surface area contributed by atoms with E-state index in [1.165, 1.54) is 0 Å². The van der Waals surface area contributed by atoms with E-state index in [0.29, 0.717) is 28.0 Å². The van der Waals surface area contributed by atoms with Crippen LogP contribution in [0, 0.1) is 18.3 Å². The molecule has 1 aromatic heterocycles. The highest BCUT2D eigenvalue weighted by Crippen LogP contribution is 2.26. The molecule has 0 spiro atoms. The van der Waals surface area contributed by atoms with Gasteiger partial charge in [0.2, 0.25) is 5.95 Å². The summed E-state index contributed by atoms with van der Waals surface area (Å²) in [6.07, 6.45) is 0. The van der Waals surface area contributed by atoms with Gasteiger partial charge in [-0.1, -0.05) is 11.6 Å². The molecule has 0 atom stereocenters. The van der Waals surface area contributed by atoms with Gasteiger partial charge in [-0.15, -0.1) is 0 Å². The van der Waals surface area contributed by atoms with Crippen molar-refractivity contribution in [1.82, 2.24) is 9.97 Å². The predicted molar refractivity (Wildman–Crippen MR) is 74.0 cm³/mol. The number of benzene rings is 1. The molecule has 0 aliphatic carbocycles. The van der Waals surface area contributed by atoms with Crippen molar-refractivity contribution >= 4 is 29.1 Å². The molecule has 1 aromatic carbocycles. The third-order valence-corrected chi connectivity index (χ3v) is 2.66. The summed E-state index contributed by atoms with van der Waals surface area (Å²) in [5.41, 5.74) is 4.30. The van der Waals surface area contributed by atoms with Gasteiger partial charge in [-0.3, -0.25) is 5.43 Å². The van der Waals surface area contributed by atoms with Crippen LogP contribution in [0.25, 0.3) is 0 Å². The van der Waals surface area contributed by atoms with Gasteiger partial charge in [0.25, 0.3) is 0 Å². The van der Waals surface area contributed by atoms with E-state index in [9.17, 15) is 0 Å². The van der Waals surface area contributed by atoms with Crippen LogP contribution in [0.2, 0.25) is 5.02 Å². The molecule has 96 valence electrons. The summed E-state index contributed by atoms with van der Waals surface area (Å²) < 4.78 is 0. The fraction of sp³-hybridized carbons (Fsp3) is 0.0833. The molecule has 0 unspecified atom stereocenters. The van der Waals surface area contributed by atoms with Crippen LogP contribution in [0.15, 0.2) is 24.3 Å².